The van der Waals surface area contributed by atoms with Crippen molar-refractivity contribution in [1.29, 1.82) is 0 Å². The summed E-state index contributed by atoms with van der Waals surface area (Å²) in [7, 11) is 0. The lowest BCUT2D eigenvalue weighted by atomic mass is 9.70. The van der Waals surface area contributed by atoms with Crippen molar-refractivity contribution in [2.24, 2.45) is 17.8 Å². The van der Waals surface area contributed by atoms with Crippen molar-refractivity contribution in [1.82, 2.24) is 9.80 Å². The molecular formula is C36H44BrN3O5S. The van der Waals surface area contributed by atoms with Crippen molar-refractivity contribution in [2.45, 2.75) is 60.6 Å². The fourth-order valence-corrected chi connectivity index (χ4v) is 11.1. The third-order valence-electron chi connectivity index (χ3n) is 9.47. The largest absolute Gasteiger partial charge is 0.494 e. The molecular weight excluding hydrogens is 666 g/mol. The maximum absolute atomic E-state index is 14.8. The maximum Gasteiger partial charge on any atom is 0.247 e. The summed E-state index contributed by atoms with van der Waals surface area (Å²) in [5, 5.41) is 10.4. The number of carbonyl (C=O) groups is 3. The quantitative estimate of drug-likeness (QED) is 0.212. The molecule has 46 heavy (non-hydrogen) atoms. The number of fused-ring (bicyclic) bond motifs is 1. The van der Waals surface area contributed by atoms with E-state index >= 15 is 0 Å². The number of ether oxygens (including phenoxy) is 1. The highest BCUT2D eigenvalue weighted by molar-refractivity contribution is 9.09. The third-order valence-corrected chi connectivity index (χ3v) is 12.7. The van der Waals surface area contributed by atoms with Crippen LogP contribution in [0.5, 0.6) is 5.75 Å². The van der Waals surface area contributed by atoms with Crippen LogP contribution in [-0.2, 0) is 20.9 Å². The van der Waals surface area contributed by atoms with Gasteiger partial charge in [0.05, 0.1) is 35.8 Å². The summed E-state index contributed by atoms with van der Waals surface area (Å²) in [5.41, 5.74) is 1.65. The number of amides is 3. The highest BCUT2D eigenvalue weighted by Gasteiger charge is 2.76. The van der Waals surface area contributed by atoms with Crippen LogP contribution < -0.4 is 9.64 Å². The third kappa shape index (κ3) is 6.04. The Bertz CT molecular complexity index is 1440. The number of benzene rings is 2. The van der Waals surface area contributed by atoms with Gasteiger partial charge in [-0.2, -0.15) is 0 Å². The predicted molar refractivity (Wildman–Crippen MR) is 187 cm³/mol. The van der Waals surface area contributed by atoms with Gasteiger partial charge in [-0.05, 0) is 49.1 Å². The molecule has 0 saturated carbocycles. The van der Waals surface area contributed by atoms with Gasteiger partial charge in [-0.15, -0.1) is 24.9 Å². The van der Waals surface area contributed by atoms with E-state index in [0.717, 1.165) is 5.56 Å². The first kappa shape index (κ1) is 34.3. The summed E-state index contributed by atoms with van der Waals surface area (Å²) >= 11 is 5.48. The molecule has 1 N–H and O–H groups in total. The molecule has 0 aliphatic carbocycles. The number of alkyl halides is 1. The van der Waals surface area contributed by atoms with E-state index in [9.17, 15) is 19.5 Å². The number of hydrogen-bond acceptors (Lipinski definition) is 6. The van der Waals surface area contributed by atoms with Crippen LogP contribution >= 0.6 is 27.7 Å². The van der Waals surface area contributed by atoms with Crippen molar-refractivity contribution in [2.75, 3.05) is 31.2 Å². The molecule has 3 amide bonds. The van der Waals surface area contributed by atoms with Crippen LogP contribution in [0.15, 0.2) is 79.9 Å². The van der Waals surface area contributed by atoms with Gasteiger partial charge in [0, 0.05) is 35.4 Å². The topological polar surface area (TPSA) is 90.4 Å². The van der Waals surface area contributed by atoms with Crippen LogP contribution in [0.1, 0.15) is 32.8 Å². The summed E-state index contributed by atoms with van der Waals surface area (Å²) in [6.45, 7) is 14.8. The van der Waals surface area contributed by atoms with Gasteiger partial charge in [-0.1, -0.05) is 72.3 Å². The molecule has 246 valence electrons. The number of aliphatic hydroxyl groups excluding tert-OH is 1. The molecule has 0 radical (unpaired) electrons. The van der Waals surface area contributed by atoms with Crippen molar-refractivity contribution < 1.29 is 24.2 Å². The summed E-state index contributed by atoms with van der Waals surface area (Å²) in [5.74, 6) is -1.39. The van der Waals surface area contributed by atoms with Gasteiger partial charge in [0.15, 0.2) is 0 Å². The number of thioether (sulfide) groups is 1. The van der Waals surface area contributed by atoms with Crippen LogP contribution in [-0.4, -0.2) is 85.8 Å². The van der Waals surface area contributed by atoms with Crippen LogP contribution in [0.25, 0.3) is 0 Å². The minimum atomic E-state index is -0.848. The number of aliphatic hydroxyl groups is 1. The molecule has 8 nitrogen and oxygen atoms in total. The first-order valence-electron chi connectivity index (χ1n) is 16.0. The van der Waals surface area contributed by atoms with Crippen molar-refractivity contribution in [3.05, 3.63) is 85.5 Å². The Kier molecular flexibility index (Phi) is 10.7. The number of halogens is 1. The monoisotopic (exact) mass is 709 g/mol. The Morgan fingerprint density at radius 3 is 2.37 bits per heavy atom. The van der Waals surface area contributed by atoms with Gasteiger partial charge in [0.25, 0.3) is 0 Å². The zero-order valence-corrected chi connectivity index (χ0v) is 29.2. The zero-order valence-electron chi connectivity index (χ0n) is 26.8. The normalized spacial score (nSPS) is 27.0. The van der Waals surface area contributed by atoms with E-state index in [0.29, 0.717) is 37.6 Å². The molecule has 5 rings (SSSR count). The summed E-state index contributed by atoms with van der Waals surface area (Å²) < 4.78 is 4.77. The van der Waals surface area contributed by atoms with E-state index in [-0.39, 0.29) is 46.9 Å². The Labute approximate surface area is 285 Å². The average Bonchev–Trinajstić information content (AvgIpc) is 3.64. The van der Waals surface area contributed by atoms with Gasteiger partial charge >= 0.3 is 0 Å². The number of hydrogen-bond donors (Lipinski definition) is 1. The van der Waals surface area contributed by atoms with E-state index in [2.05, 4.69) is 29.1 Å². The fraction of sp³-hybridized carbons (Fsp3) is 0.472. The molecule has 2 aromatic rings. The van der Waals surface area contributed by atoms with E-state index in [1.807, 2.05) is 75.4 Å². The molecule has 0 aromatic heterocycles. The molecule has 2 bridgehead atoms. The highest BCUT2D eigenvalue weighted by atomic mass is 79.9. The van der Waals surface area contributed by atoms with E-state index in [1.54, 1.807) is 38.6 Å². The Morgan fingerprint density at radius 2 is 1.78 bits per heavy atom. The lowest BCUT2D eigenvalue weighted by molar-refractivity contribution is -0.147. The van der Waals surface area contributed by atoms with E-state index in [1.165, 1.54) is 0 Å². The minimum Gasteiger partial charge on any atom is -0.494 e. The first-order valence-corrected chi connectivity index (χ1v) is 17.8. The van der Waals surface area contributed by atoms with Gasteiger partial charge in [0.2, 0.25) is 17.7 Å². The van der Waals surface area contributed by atoms with Crippen LogP contribution in [0, 0.1) is 17.8 Å². The standard InChI is InChI=1S/C36H44BrN3O5S/c1-6-18-38(21-24-12-10-9-11-13-24)35(44)32-36-20-27(37)31(46-36)29(30(36)34(43)40(32)28(22-41)23(4)5)33(42)39(19-7-2)25-14-16-26(17-15-25)45-8-3/h6-7,9-17,23,27-32,41H,1-2,8,18-22H2,3-5H3/t27?,28-,29+,30-,31+,32?,36?/m0/s1. The number of anilines is 1. The predicted octanol–water partition coefficient (Wildman–Crippen LogP) is 5.30. The number of rotatable bonds is 14. The lowest BCUT2D eigenvalue weighted by Crippen LogP contribution is -2.58. The molecule has 3 aliphatic rings. The van der Waals surface area contributed by atoms with Crippen LogP contribution in [0.3, 0.4) is 0 Å². The number of likely N-dealkylation sites (tertiary alicyclic amines) is 1. The Hall–Kier alpha value is -3.08. The minimum absolute atomic E-state index is 0.0785. The van der Waals surface area contributed by atoms with Gasteiger partial charge in [0.1, 0.15) is 11.8 Å². The second kappa shape index (κ2) is 14.4. The molecule has 1 spiro atoms. The Morgan fingerprint density at radius 1 is 1.11 bits per heavy atom. The SMILES string of the molecule is C=CCN(Cc1ccccc1)C(=O)C1N([C@@H](CO)C(C)C)C(=O)[C@@H]2[C@@H](C(=O)N(CC=C)c3ccc(OCC)cc3)[C@@H]3SC12CC3Br. The van der Waals surface area contributed by atoms with Crippen molar-refractivity contribution in [3.8, 4) is 5.75 Å². The molecule has 2 aromatic carbocycles. The first-order chi connectivity index (χ1) is 22.1. The van der Waals surface area contributed by atoms with Crippen molar-refractivity contribution in [3.63, 3.8) is 0 Å². The number of nitrogens with zero attached hydrogens (tertiary/aromatic N) is 3. The van der Waals surface area contributed by atoms with Gasteiger partial charge < -0.3 is 24.5 Å². The summed E-state index contributed by atoms with van der Waals surface area (Å²) in [6, 6.07) is 15.7. The highest BCUT2D eigenvalue weighted by Crippen LogP contribution is 2.68. The van der Waals surface area contributed by atoms with E-state index < -0.39 is 28.7 Å². The molecule has 3 unspecified atom stereocenters. The van der Waals surface area contributed by atoms with E-state index in [4.69, 9.17) is 4.74 Å². The van der Waals surface area contributed by atoms with Gasteiger partial charge in [-0.25, -0.2) is 0 Å². The Balaban J connectivity index is 1.57. The second-order valence-electron chi connectivity index (χ2n) is 12.6. The molecule has 3 aliphatic heterocycles. The molecule has 3 fully saturated rings. The smallest absolute Gasteiger partial charge is 0.247 e. The summed E-state index contributed by atoms with van der Waals surface area (Å²) in [4.78, 5) is 49.3. The summed E-state index contributed by atoms with van der Waals surface area (Å²) in [6.07, 6.45) is 3.94. The van der Waals surface area contributed by atoms with Crippen LogP contribution in [0.2, 0.25) is 0 Å². The molecule has 3 heterocycles. The zero-order chi connectivity index (χ0) is 33.2. The lowest BCUT2D eigenvalue weighted by Gasteiger charge is -2.41. The average molecular weight is 711 g/mol. The molecule has 10 heteroatoms. The second-order valence-corrected chi connectivity index (χ2v) is 15.3. The molecule has 3 saturated heterocycles. The van der Waals surface area contributed by atoms with Crippen LogP contribution in [0.4, 0.5) is 5.69 Å². The van der Waals surface area contributed by atoms with Gasteiger partial charge in [-0.3, -0.25) is 14.4 Å². The molecule has 7 atom stereocenters. The fourth-order valence-electron chi connectivity index (χ4n) is 7.49. The van der Waals surface area contributed by atoms with Crippen molar-refractivity contribution >= 4 is 51.1 Å². The maximum atomic E-state index is 14.8. The number of carbonyl (C=O) groups excluding carboxylic acids is 3.